The van der Waals surface area contributed by atoms with Crippen LogP contribution in [-0.4, -0.2) is 30.2 Å². The van der Waals surface area contributed by atoms with Gasteiger partial charge in [-0.15, -0.1) is 0 Å². The molecule has 0 unspecified atom stereocenters. The first-order valence-corrected chi connectivity index (χ1v) is 13.4. The van der Waals surface area contributed by atoms with Crippen LogP contribution < -0.4 is 24.4 Å². The third-order valence-electron chi connectivity index (χ3n) is 6.20. The molecule has 40 heavy (non-hydrogen) atoms. The van der Waals surface area contributed by atoms with Crippen molar-refractivity contribution in [2.45, 2.75) is 19.9 Å². The summed E-state index contributed by atoms with van der Waals surface area (Å²) < 4.78 is 18.1. The molecule has 0 radical (unpaired) electrons. The minimum Gasteiger partial charge on any atom is -0.497 e. The van der Waals surface area contributed by atoms with E-state index < -0.39 is 18.0 Å². The Bertz CT molecular complexity index is 1800. The standard InChI is InChI=1S/C31H26N2O6S/c1-4-38-30(36)26-27(21-11-6-5-7-12-21)32-31-33(28(26)22-13-9-14-23(18-22)37-3)29(35)25(40-31)17-20-10-8-15-24(16-20)39-19(2)34/h5-18,28H,4H2,1-3H3/b25-17-/t28-/m1/s1. The molecule has 1 aliphatic heterocycles. The molecule has 4 aromatic rings. The Balaban J connectivity index is 1.79. The van der Waals surface area contributed by atoms with E-state index in [4.69, 9.17) is 19.2 Å². The van der Waals surface area contributed by atoms with Gasteiger partial charge in [0, 0.05) is 12.5 Å². The smallest absolute Gasteiger partial charge is 0.338 e. The van der Waals surface area contributed by atoms with Crippen molar-refractivity contribution in [1.82, 2.24) is 4.57 Å². The van der Waals surface area contributed by atoms with Crippen LogP contribution in [0.3, 0.4) is 0 Å². The second-order valence-electron chi connectivity index (χ2n) is 8.87. The molecule has 8 nitrogen and oxygen atoms in total. The van der Waals surface area contributed by atoms with Gasteiger partial charge in [0.15, 0.2) is 4.80 Å². The van der Waals surface area contributed by atoms with Crippen molar-refractivity contribution in [3.05, 3.63) is 121 Å². The number of esters is 2. The van der Waals surface area contributed by atoms with Crippen molar-refractivity contribution >= 4 is 35.0 Å². The molecule has 9 heteroatoms. The Morgan fingerprint density at radius 2 is 1.75 bits per heavy atom. The molecular weight excluding hydrogens is 528 g/mol. The predicted molar refractivity (Wildman–Crippen MR) is 152 cm³/mol. The number of methoxy groups -OCH3 is 1. The summed E-state index contributed by atoms with van der Waals surface area (Å²) in [6.45, 7) is 3.23. The van der Waals surface area contributed by atoms with Crippen LogP contribution in [0.5, 0.6) is 11.5 Å². The molecule has 3 aromatic carbocycles. The first kappa shape index (κ1) is 26.8. The molecule has 202 valence electrons. The molecule has 1 aliphatic rings. The zero-order chi connectivity index (χ0) is 28.2. The maximum absolute atomic E-state index is 14.0. The normalized spacial score (nSPS) is 14.8. The van der Waals surface area contributed by atoms with Gasteiger partial charge in [-0.25, -0.2) is 9.79 Å². The lowest BCUT2D eigenvalue weighted by atomic mass is 9.93. The first-order valence-electron chi connectivity index (χ1n) is 12.6. The molecule has 5 rings (SSSR count). The lowest BCUT2D eigenvalue weighted by Crippen LogP contribution is -2.40. The van der Waals surface area contributed by atoms with Gasteiger partial charge in [0.25, 0.3) is 5.56 Å². The average Bonchev–Trinajstić information content (AvgIpc) is 3.26. The number of hydrogen-bond donors (Lipinski definition) is 0. The second kappa shape index (κ2) is 11.5. The fourth-order valence-electron chi connectivity index (χ4n) is 4.55. The lowest BCUT2D eigenvalue weighted by molar-refractivity contribution is -0.139. The molecule has 0 spiro atoms. The monoisotopic (exact) mass is 554 g/mol. The summed E-state index contributed by atoms with van der Waals surface area (Å²) in [4.78, 5) is 44.2. The highest BCUT2D eigenvalue weighted by Gasteiger charge is 2.35. The maximum Gasteiger partial charge on any atom is 0.338 e. The molecule has 1 aromatic heterocycles. The van der Waals surface area contributed by atoms with Crippen molar-refractivity contribution in [2.75, 3.05) is 13.7 Å². The van der Waals surface area contributed by atoms with Crippen LogP contribution in [0.2, 0.25) is 0 Å². The van der Waals surface area contributed by atoms with Crippen molar-refractivity contribution in [3.63, 3.8) is 0 Å². The number of thiazole rings is 1. The van der Waals surface area contributed by atoms with Crippen LogP contribution in [0.15, 0.2) is 94.2 Å². The van der Waals surface area contributed by atoms with Crippen LogP contribution in [0.4, 0.5) is 0 Å². The van der Waals surface area contributed by atoms with Gasteiger partial charge >= 0.3 is 11.9 Å². The molecule has 0 fully saturated rings. The van der Waals surface area contributed by atoms with E-state index >= 15 is 0 Å². The fourth-order valence-corrected chi connectivity index (χ4v) is 5.55. The van der Waals surface area contributed by atoms with E-state index in [2.05, 4.69) is 0 Å². The van der Waals surface area contributed by atoms with E-state index in [0.29, 0.717) is 37.7 Å². The van der Waals surface area contributed by atoms with Crippen LogP contribution in [0, 0.1) is 0 Å². The van der Waals surface area contributed by atoms with E-state index in [1.807, 2.05) is 48.5 Å². The largest absolute Gasteiger partial charge is 0.497 e. The van der Waals surface area contributed by atoms with Crippen molar-refractivity contribution < 1.29 is 23.8 Å². The Morgan fingerprint density at radius 3 is 2.48 bits per heavy atom. The highest BCUT2D eigenvalue weighted by Crippen LogP contribution is 2.36. The molecule has 0 saturated carbocycles. The lowest BCUT2D eigenvalue weighted by Gasteiger charge is -2.26. The topological polar surface area (TPSA) is 96.2 Å². The van der Waals surface area contributed by atoms with Crippen molar-refractivity contribution in [3.8, 4) is 11.5 Å². The number of rotatable bonds is 7. The van der Waals surface area contributed by atoms with E-state index in [1.165, 1.54) is 22.8 Å². The summed E-state index contributed by atoms with van der Waals surface area (Å²) in [5.74, 6) is -0.0290. The molecule has 0 bridgehead atoms. The molecule has 0 N–H and O–H groups in total. The first-order chi connectivity index (χ1) is 19.4. The average molecular weight is 555 g/mol. The van der Waals surface area contributed by atoms with Gasteiger partial charge in [0.05, 0.1) is 35.6 Å². The van der Waals surface area contributed by atoms with E-state index in [0.717, 1.165) is 5.56 Å². The summed E-state index contributed by atoms with van der Waals surface area (Å²) in [6, 6.07) is 22.7. The highest BCUT2D eigenvalue weighted by atomic mass is 32.1. The van der Waals surface area contributed by atoms with Gasteiger partial charge in [0.2, 0.25) is 0 Å². The maximum atomic E-state index is 14.0. The summed E-state index contributed by atoms with van der Waals surface area (Å²) in [6.07, 6.45) is 1.72. The van der Waals surface area contributed by atoms with Crippen molar-refractivity contribution in [2.24, 2.45) is 4.99 Å². The number of hydrogen-bond acceptors (Lipinski definition) is 8. The van der Waals surface area contributed by atoms with Gasteiger partial charge in [-0.1, -0.05) is 65.9 Å². The molecule has 0 saturated heterocycles. The Morgan fingerprint density at radius 1 is 1.00 bits per heavy atom. The summed E-state index contributed by atoms with van der Waals surface area (Å²) >= 11 is 1.21. The summed E-state index contributed by atoms with van der Waals surface area (Å²) in [5.41, 5.74) is 2.47. The van der Waals surface area contributed by atoms with Crippen LogP contribution >= 0.6 is 11.3 Å². The summed E-state index contributed by atoms with van der Waals surface area (Å²) in [5, 5.41) is 0. The number of fused-ring (bicyclic) bond motifs is 1. The number of ether oxygens (including phenoxy) is 3. The molecule has 0 aliphatic carbocycles. The van der Waals surface area contributed by atoms with E-state index in [1.54, 1.807) is 50.4 Å². The third-order valence-corrected chi connectivity index (χ3v) is 7.18. The van der Waals surface area contributed by atoms with E-state index in [9.17, 15) is 14.4 Å². The fraction of sp³-hybridized carbons (Fsp3) is 0.161. The molecule has 1 atom stereocenters. The quantitative estimate of drug-likeness (QED) is 0.254. The minimum absolute atomic E-state index is 0.165. The van der Waals surface area contributed by atoms with Gasteiger partial charge in [-0.3, -0.25) is 14.2 Å². The molecule has 0 amide bonds. The number of benzene rings is 3. The molecular formula is C31H26N2O6S. The van der Waals surface area contributed by atoms with Crippen molar-refractivity contribution in [1.29, 1.82) is 0 Å². The number of nitrogens with zero attached hydrogens (tertiary/aromatic N) is 2. The van der Waals surface area contributed by atoms with Gasteiger partial charge in [0.1, 0.15) is 11.5 Å². The van der Waals surface area contributed by atoms with Gasteiger partial charge in [-0.2, -0.15) is 0 Å². The number of carbonyl (C=O) groups excluding carboxylic acids is 2. The van der Waals surface area contributed by atoms with E-state index in [-0.39, 0.29) is 17.7 Å². The summed E-state index contributed by atoms with van der Waals surface area (Å²) in [7, 11) is 1.56. The SMILES string of the molecule is CCOC(=O)C1=C(c2ccccc2)N=c2s/c(=C\c3cccc(OC(C)=O)c3)c(=O)n2[C@@H]1c1cccc(OC)c1. The highest BCUT2D eigenvalue weighted by molar-refractivity contribution is 7.07. The third kappa shape index (κ3) is 5.37. The Labute approximate surface area is 234 Å². The Hall–Kier alpha value is -4.76. The Kier molecular flexibility index (Phi) is 7.75. The number of carbonyl (C=O) groups is 2. The van der Waals surface area contributed by atoms with Crippen LogP contribution in [0.1, 0.15) is 36.6 Å². The van der Waals surface area contributed by atoms with Gasteiger partial charge in [-0.05, 0) is 48.4 Å². The van der Waals surface area contributed by atoms with Crippen LogP contribution in [0.25, 0.3) is 11.8 Å². The zero-order valence-electron chi connectivity index (χ0n) is 22.1. The second-order valence-corrected chi connectivity index (χ2v) is 9.88. The minimum atomic E-state index is -0.810. The van der Waals surface area contributed by atoms with Gasteiger partial charge < -0.3 is 14.2 Å². The number of aromatic nitrogens is 1. The predicted octanol–water partition coefficient (Wildman–Crippen LogP) is 3.87. The zero-order valence-corrected chi connectivity index (χ0v) is 22.9. The molecule has 2 heterocycles. The van der Waals surface area contributed by atoms with Crippen LogP contribution in [-0.2, 0) is 14.3 Å².